The molecule has 2 aliphatic rings. The van der Waals surface area contributed by atoms with Gasteiger partial charge in [0, 0.05) is 23.6 Å². The first-order valence-corrected chi connectivity index (χ1v) is 8.85. The lowest BCUT2D eigenvalue weighted by molar-refractivity contribution is -0.0724. The Morgan fingerprint density at radius 1 is 1.23 bits per heavy atom. The molecule has 0 bridgehead atoms. The normalized spacial score (nSPS) is 27.4. The molecule has 2 fully saturated rings. The van der Waals surface area contributed by atoms with E-state index in [2.05, 4.69) is 57.3 Å². The second kappa shape index (κ2) is 8.65. The van der Waals surface area contributed by atoms with E-state index in [1.807, 2.05) is 0 Å². The number of nitrogens with one attached hydrogen (secondary N) is 1. The molecule has 0 aromatic heterocycles. The molecule has 1 aromatic carbocycles. The Labute approximate surface area is 148 Å². The molecule has 3 rings (SSSR count). The third-order valence-corrected chi connectivity index (χ3v) is 5.37. The van der Waals surface area contributed by atoms with Gasteiger partial charge in [0.05, 0.1) is 12.7 Å². The molecule has 0 radical (unpaired) electrons. The lowest BCUT2D eigenvalue weighted by Gasteiger charge is -2.41. The number of rotatable bonds is 3. The summed E-state index contributed by atoms with van der Waals surface area (Å²) in [5.41, 5.74) is 1.29. The second-order valence-corrected chi connectivity index (χ2v) is 7.19. The van der Waals surface area contributed by atoms with Crippen molar-refractivity contribution in [3.63, 3.8) is 0 Å². The van der Waals surface area contributed by atoms with Crippen molar-refractivity contribution in [1.29, 1.82) is 0 Å². The summed E-state index contributed by atoms with van der Waals surface area (Å²) in [5, 5.41) is 3.46. The molecular weight excluding hydrogens is 364 g/mol. The van der Waals surface area contributed by atoms with Crippen LogP contribution in [0.1, 0.15) is 31.4 Å². The van der Waals surface area contributed by atoms with Gasteiger partial charge in [-0.3, -0.25) is 4.90 Å². The van der Waals surface area contributed by atoms with E-state index in [-0.39, 0.29) is 18.5 Å². The van der Waals surface area contributed by atoms with E-state index in [9.17, 15) is 0 Å². The highest BCUT2D eigenvalue weighted by Gasteiger charge is 2.31. The van der Waals surface area contributed by atoms with Gasteiger partial charge < -0.3 is 10.1 Å². The van der Waals surface area contributed by atoms with Crippen LogP contribution >= 0.6 is 28.3 Å². The lowest BCUT2D eigenvalue weighted by Crippen LogP contribution is -2.48. The number of morpholine rings is 1. The molecule has 0 amide bonds. The van der Waals surface area contributed by atoms with Crippen LogP contribution in [0.25, 0.3) is 0 Å². The van der Waals surface area contributed by atoms with Crippen molar-refractivity contribution in [2.75, 3.05) is 32.8 Å². The van der Waals surface area contributed by atoms with E-state index in [0.717, 1.165) is 23.5 Å². The second-order valence-electron chi connectivity index (χ2n) is 6.27. The molecular formula is C17H26BrClN2O. The van der Waals surface area contributed by atoms with Crippen LogP contribution in [0.4, 0.5) is 0 Å². The average Bonchev–Trinajstić information content (AvgIpc) is 2.52. The maximum Gasteiger partial charge on any atom is 0.0977 e. The Kier molecular flexibility index (Phi) is 7.16. The standard InChI is InChI=1S/C17H25BrN2O.ClH/c1-13-17(15-2-4-16(18)5-3-15)21-11-10-20(13)12-14-6-8-19-9-7-14;/h2-5,13-14,17,19H,6-12H2,1H3;1H. The van der Waals surface area contributed by atoms with Gasteiger partial charge in [-0.2, -0.15) is 0 Å². The number of halogens is 2. The number of nitrogens with zero attached hydrogens (tertiary/aromatic N) is 1. The zero-order valence-corrected chi connectivity index (χ0v) is 15.5. The summed E-state index contributed by atoms with van der Waals surface area (Å²) in [6, 6.07) is 9.03. The third kappa shape index (κ3) is 4.45. The SMILES string of the molecule is CC1C(c2ccc(Br)cc2)OCCN1CC1CCNCC1.Cl. The first-order valence-electron chi connectivity index (χ1n) is 8.06. The number of ether oxygens (including phenoxy) is 1. The van der Waals surface area contributed by atoms with E-state index in [1.165, 1.54) is 38.0 Å². The Hall–Kier alpha value is -0.130. The van der Waals surface area contributed by atoms with Crippen molar-refractivity contribution < 1.29 is 4.74 Å². The number of piperidine rings is 1. The lowest BCUT2D eigenvalue weighted by atomic mass is 9.94. The van der Waals surface area contributed by atoms with Gasteiger partial charge in [-0.1, -0.05) is 28.1 Å². The molecule has 2 heterocycles. The third-order valence-electron chi connectivity index (χ3n) is 4.84. The maximum atomic E-state index is 6.07. The maximum absolute atomic E-state index is 6.07. The molecule has 2 saturated heterocycles. The van der Waals surface area contributed by atoms with Crippen LogP contribution in [-0.2, 0) is 4.74 Å². The molecule has 22 heavy (non-hydrogen) atoms. The van der Waals surface area contributed by atoms with E-state index < -0.39 is 0 Å². The first-order chi connectivity index (χ1) is 10.2. The quantitative estimate of drug-likeness (QED) is 0.854. The number of benzene rings is 1. The van der Waals surface area contributed by atoms with Gasteiger partial charge in [0.1, 0.15) is 0 Å². The van der Waals surface area contributed by atoms with Gasteiger partial charge >= 0.3 is 0 Å². The summed E-state index contributed by atoms with van der Waals surface area (Å²) >= 11 is 3.51. The zero-order chi connectivity index (χ0) is 14.7. The predicted octanol–water partition coefficient (Wildman–Crippen LogP) is 3.63. The smallest absolute Gasteiger partial charge is 0.0977 e. The molecule has 2 unspecified atom stereocenters. The van der Waals surface area contributed by atoms with Crippen LogP contribution in [0.3, 0.4) is 0 Å². The topological polar surface area (TPSA) is 24.5 Å². The van der Waals surface area contributed by atoms with Gasteiger partial charge in [-0.15, -0.1) is 12.4 Å². The van der Waals surface area contributed by atoms with Crippen LogP contribution in [0.15, 0.2) is 28.7 Å². The Morgan fingerprint density at radius 2 is 1.91 bits per heavy atom. The number of hydrogen-bond donors (Lipinski definition) is 1. The van der Waals surface area contributed by atoms with E-state index in [4.69, 9.17) is 4.74 Å². The van der Waals surface area contributed by atoms with Gasteiger partial charge in [-0.05, 0) is 56.5 Å². The largest absolute Gasteiger partial charge is 0.371 e. The molecule has 1 N–H and O–H groups in total. The van der Waals surface area contributed by atoms with Gasteiger partial charge in [-0.25, -0.2) is 0 Å². The monoisotopic (exact) mass is 388 g/mol. The molecule has 1 aromatic rings. The van der Waals surface area contributed by atoms with Crippen LogP contribution in [-0.4, -0.2) is 43.7 Å². The van der Waals surface area contributed by atoms with Crippen LogP contribution in [0.2, 0.25) is 0 Å². The van der Waals surface area contributed by atoms with Crippen molar-refractivity contribution in [1.82, 2.24) is 10.2 Å². The van der Waals surface area contributed by atoms with Crippen molar-refractivity contribution in [2.24, 2.45) is 5.92 Å². The summed E-state index contributed by atoms with van der Waals surface area (Å²) in [5.74, 6) is 0.845. The molecule has 0 aliphatic carbocycles. The van der Waals surface area contributed by atoms with Gasteiger partial charge in [0.2, 0.25) is 0 Å². The highest BCUT2D eigenvalue weighted by Crippen LogP contribution is 2.30. The molecule has 2 aliphatic heterocycles. The molecule has 124 valence electrons. The first kappa shape index (κ1) is 18.2. The van der Waals surface area contributed by atoms with E-state index >= 15 is 0 Å². The minimum absolute atomic E-state index is 0. The number of hydrogen-bond acceptors (Lipinski definition) is 3. The van der Waals surface area contributed by atoms with Crippen molar-refractivity contribution in [3.8, 4) is 0 Å². The zero-order valence-electron chi connectivity index (χ0n) is 13.1. The van der Waals surface area contributed by atoms with Crippen molar-refractivity contribution >= 4 is 28.3 Å². The highest BCUT2D eigenvalue weighted by atomic mass is 79.9. The molecule has 0 spiro atoms. The predicted molar refractivity (Wildman–Crippen MR) is 96.7 cm³/mol. The summed E-state index contributed by atoms with van der Waals surface area (Å²) in [7, 11) is 0. The summed E-state index contributed by atoms with van der Waals surface area (Å²) in [6.07, 6.45) is 2.83. The molecule has 5 heteroatoms. The van der Waals surface area contributed by atoms with Crippen molar-refractivity contribution in [2.45, 2.75) is 31.9 Å². The van der Waals surface area contributed by atoms with Crippen LogP contribution in [0.5, 0.6) is 0 Å². The van der Waals surface area contributed by atoms with E-state index in [0.29, 0.717) is 6.04 Å². The molecule has 2 atom stereocenters. The van der Waals surface area contributed by atoms with Crippen molar-refractivity contribution in [3.05, 3.63) is 34.3 Å². The Morgan fingerprint density at radius 3 is 2.59 bits per heavy atom. The van der Waals surface area contributed by atoms with Gasteiger partial charge in [0.15, 0.2) is 0 Å². The minimum atomic E-state index is 0. The fraction of sp³-hybridized carbons (Fsp3) is 0.647. The fourth-order valence-corrected chi connectivity index (χ4v) is 3.78. The Bertz CT molecular complexity index is 450. The summed E-state index contributed by atoms with van der Waals surface area (Å²) < 4.78 is 7.19. The Balaban J connectivity index is 0.00000176. The van der Waals surface area contributed by atoms with Crippen LogP contribution in [0, 0.1) is 5.92 Å². The summed E-state index contributed by atoms with van der Waals surface area (Å²) in [4.78, 5) is 2.63. The fourth-order valence-electron chi connectivity index (χ4n) is 3.51. The molecule has 3 nitrogen and oxygen atoms in total. The minimum Gasteiger partial charge on any atom is -0.371 e. The van der Waals surface area contributed by atoms with Gasteiger partial charge in [0.25, 0.3) is 0 Å². The average molecular weight is 390 g/mol. The molecule has 0 saturated carbocycles. The highest BCUT2D eigenvalue weighted by molar-refractivity contribution is 9.10. The summed E-state index contributed by atoms with van der Waals surface area (Å²) in [6.45, 7) is 7.80. The van der Waals surface area contributed by atoms with Crippen LogP contribution < -0.4 is 5.32 Å². The van der Waals surface area contributed by atoms with E-state index in [1.54, 1.807) is 0 Å².